The van der Waals surface area contributed by atoms with E-state index < -0.39 is 0 Å². The molecule has 4 heteroatoms. The van der Waals surface area contributed by atoms with Gasteiger partial charge in [-0.05, 0) is 38.9 Å². The Hall–Kier alpha value is -0.870. The van der Waals surface area contributed by atoms with Crippen LogP contribution in [0.25, 0.3) is 0 Å². The summed E-state index contributed by atoms with van der Waals surface area (Å²) in [6.45, 7) is 2.85. The van der Waals surface area contributed by atoms with Crippen LogP contribution in [0, 0.1) is 5.92 Å². The fourth-order valence-electron chi connectivity index (χ4n) is 2.05. The average molecular weight is 209 g/mol. The van der Waals surface area contributed by atoms with Crippen LogP contribution in [0.2, 0.25) is 0 Å². The van der Waals surface area contributed by atoms with Crippen molar-refractivity contribution in [3.8, 4) is 0 Å². The minimum absolute atomic E-state index is 0.469. The fourth-order valence-corrected chi connectivity index (χ4v) is 2.05. The SMILES string of the molecule is CN1CCC(Cc2nc(CN)co2)CC1. The number of oxazole rings is 1. The smallest absolute Gasteiger partial charge is 0.194 e. The first-order valence-electron chi connectivity index (χ1n) is 5.60. The van der Waals surface area contributed by atoms with Crippen molar-refractivity contribution in [1.82, 2.24) is 9.88 Å². The zero-order chi connectivity index (χ0) is 10.7. The van der Waals surface area contributed by atoms with Crippen molar-refractivity contribution in [3.05, 3.63) is 17.8 Å². The molecule has 0 saturated carbocycles. The molecule has 1 aliphatic rings. The Kier molecular flexibility index (Phi) is 3.38. The summed E-state index contributed by atoms with van der Waals surface area (Å²) in [4.78, 5) is 6.71. The predicted molar refractivity (Wildman–Crippen MR) is 58.3 cm³/mol. The molecule has 1 aliphatic heterocycles. The van der Waals surface area contributed by atoms with Gasteiger partial charge in [-0.3, -0.25) is 0 Å². The third-order valence-corrected chi connectivity index (χ3v) is 3.11. The number of piperidine rings is 1. The fraction of sp³-hybridized carbons (Fsp3) is 0.727. The van der Waals surface area contributed by atoms with Crippen LogP contribution in [0.4, 0.5) is 0 Å². The molecule has 1 aromatic rings. The third kappa shape index (κ3) is 2.79. The summed E-state index contributed by atoms with van der Waals surface area (Å²) in [5.74, 6) is 1.58. The van der Waals surface area contributed by atoms with Gasteiger partial charge in [-0.2, -0.15) is 0 Å². The lowest BCUT2D eigenvalue weighted by Gasteiger charge is -2.28. The van der Waals surface area contributed by atoms with E-state index in [2.05, 4.69) is 16.9 Å². The van der Waals surface area contributed by atoms with Gasteiger partial charge in [0, 0.05) is 13.0 Å². The maximum atomic E-state index is 5.49. The Morgan fingerprint density at radius 1 is 1.53 bits per heavy atom. The van der Waals surface area contributed by atoms with Gasteiger partial charge in [-0.25, -0.2) is 4.98 Å². The van der Waals surface area contributed by atoms with E-state index in [4.69, 9.17) is 10.2 Å². The molecule has 2 rings (SSSR count). The van der Waals surface area contributed by atoms with Crippen molar-refractivity contribution in [3.63, 3.8) is 0 Å². The van der Waals surface area contributed by atoms with Crippen molar-refractivity contribution in [2.45, 2.75) is 25.8 Å². The molecule has 4 nitrogen and oxygen atoms in total. The highest BCUT2D eigenvalue weighted by molar-refractivity contribution is 4.96. The Morgan fingerprint density at radius 3 is 2.87 bits per heavy atom. The number of hydrogen-bond donors (Lipinski definition) is 1. The number of aromatic nitrogens is 1. The van der Waals surface area contributed by atoms with E-state index >= 15 is 0 Å². The molecule has 15 heavy (non-hydrogen) atoms. The second-order valence-electron chi connectivity index (χ2n) is 4.39. The quantitative estimate of drug-likeness (QED) is 0.807. The molecule has 0 atom stereocenters. The molecule has 1 fully saturated rings. The van der Waals surface area contributed by atoms with Crippen LogP contribution in [0.15, 0.2) is 10.7 Å². The van der Waals surface area contributed by atoms with Crippen LogP contribution in [0.3, 0.4) is 0 Å². The molecule has 84 valence electrons. The van der Waals surface area contributed by atoms with Crippen molar-refractivity contribution in [2.24, 2.45) is 11.7 Å². The number of rotatable bonds is 3. The highest BCUT2D eigenvalue weighted by Gasteiger charge is 2.18. The second-order valence-corrected chi connectivity index (χ2v) is 4.39. The van der Waals surface area contributed by atoms with Crippen molar-refractivity contribution < 1.29 is 4.42 Å². The lowest BCUT2D eigenvalue weighted by Crippen LogP contribution is -2.31. The molecule has 0 radical (unpaired) electrons. The molecule has 0 unspecified atom stereocenters. The maximum Gasteiger partial charge on any atom is 0.194 e. The molecule has 1 aromatic heterocycles. The van der Waals surface area contributed by atoms with E-state index in [0.717, 1.165) is 23.9 Å². The van der Waals surface area contributed by atoms with Gasteiger partial charge in [0.05, 0.1) is 5.69 Å². The van der Waals surface area contributed by atoms with E-state index in [0.29, 0.717) is 6.54 Å². The molecule has 1 saturated heterocycles. The standard InChI is InChI=1S/C11H19N3O/c1-14-4-2-9(3-5-14)6-11-13-10(7-12)8-15-11/h8-9H,2-7,12H2,1H3. The summed E-state index contributed by atoms with van der Waals surface area (Å²) in [7, 11) is 2.17. The Bertz CT molecular complexity index is 303. The van der Waals surface area contributed by atoms with Gasteiger partial charge >= 0.3 is 0 Å². The number of nitrogens with two attached hydrogens (primary N) is 1. The Balaban J connectivity index is 1.86. The molecule has 0 bridgehead atoms. The molecule has 0 aromatic carbocycles. The normalized spacial score (nSPS) is 19.6. The number of likely N-dealkylation sites (tertiary alicyclic amines) is 1. The van der Waals surface area contributed by atoms with Crippen LogP contribution in [0.1, 0.15) is 24.4 Å². The van der Waals surface area contributed by atoms with Gasteiger partial charge in [-0.15, -0.1) is 0 Å². The first-order valence-corrected chi connectivity index (χ1v) is 5.60. The minimum atomic E-state index is 0.469. The molecule has 2 N–H and O–H groups in total. The summed E-state index contributed by atoms with van der Waals surface area (Å²) in [6.07, 6.45) is 5.13. The lowest BCUT2D eigenvalue weighted by atomic mass is 9.94. The molecule has 0 spiro atoms. The summed E-state index contributed by atoms with van der Waals surface area (Å²) >= 11 is 0. The second kappa shape index (κ2) is 4.77. The van der Waals surface area contributed by atoms with Gasteiger partial charge in [0.2, 0.25) is 0 Å². The summed E-state index contributed by atoms with van der Waals surface area (Å²) < 4.78 is 5.38. The Labute approximate surface area is 90.5 Å². The van der Waals surface area contributed by atoms with Gasteiger partial charge < -0.3 is 15.1 Å². The first-order chi connectivity index (χ1) is 7.28. The third-order valence-electron chi connectivity index (χ3n) is 3.11. The predicted octanol–water partition coefficient (Wildman–Crippen LogP) is 1.02. The molecule has 2 heterocycles. The highest BCUT2D eigenvalue weighted by Crippen LogP contribution is 2.20. The van der Waals surface area contributed by atoms with Crippen LogP contribution in [-0.2, 0) is 13.0 Å². The van der Waals surface area contributed by atoms with Gasteiger partial charge in [0.25, 0.3) is 0 Å². The molecular formula is C11H19N3O. The van der Waals surface area contributed by atoms with Crippen LogP contribution in [-0.4, -0.2) is 30.0 Å². The number of hydrogen-bond acceptors (Lipinski definition) is 4. The van der Waals surface area contributed by atoms with Crippen molar-refractivity contribution in [1.29, 1.82) is 0 Å². The summed E-state index contributed by atoms with van der Waals surface area (Å²) in [5, 5.41) is 0. The monoisotopic (exact) mass is 209 g/mol. The van der Waals surface area contributed by atoms with E-state index in [-0.39, 0.29) is 0 Å². The van der Waals surface area contributed by atoms with E-state index in [9.17, 15) is 0 Å². The van der Waals surface area contributed by atoms with Crippen LogP contribution >= 0.6 is 0 Å². The zero-order valence-corrected chi connectivity index (χ0v) is 9.28. The van der Waals surface area contributed by atoms with Crippen molar-refractivity contribution >= 4 is 0 Å². The van der Waals surface area contributed by atoms with E-state index in [1.807, 2.05) is 0 Å². The molecular weight excluding hydrogens is 190 g/mol. The average Bonchev–Trinajstić information content (AvgIpc) is 2.69. The molecule has 0 amide bonds. The number of nitrogens with zero attached hydrogens (tertiary/aromatic N) is 2. The minimum Gasteiger partial charge on any atom is -0.449 e. The topological polar surface area (TPSA) is 55.3 Å². The lowest BCUT2D eigenvalue weighted by molar-refractivity contribution is 0.212. The molecule has 0 aliphatic carbocycles. The summed E-state index contributed by atoms with van der Waals surface area (Å²) in [6, 6.07) is 0. The van der Waals surface area contributed by atoms with Gasteiger partial charge in [-0.1, -0.05) is 0 Å². The van der Waals surface area contributed by atoms with Crippen molar-refractivity contribution in [2.75, 3.05) is 20.1 Å². The van der Waals surface area contributed by atoms with E-state index in [1.54, 1.807) is 6.26 Å². The van der Waals surface area contributed by atoms with Crippen LogP contribution < -0.4 is 5.73 Å². The van der Waals surface area contributed by atoms with Gasteiger partial charge in [0.1, 0.15) is 6.26 Å². The Morgan fingerprint density at radius 2 is 2.27 bits per heavy atom. The summed E-state index contributed by atoms with van der Waals surface area (Å²) in [5.41, 5.74) is 6.34. The maximum absolute atomic E-state index is 5.49. The van der Waals surface area contributed by atoms with E-state index in [1.165, 1.54) is 25.9 Å². The highest BCUT2D eigenvalue weighted by atomic mass is 16.3. The first kappa shape index (κ1) is 10.6. The zero-order valence-electron chi connectivity index (χ0n) is 9.28. The van der Waals surface area contributed by atoms with Crippen LogP contribution in [0.5, 0.6) is 0 Å². The largest absolute Gasteiger partial charge is 0.449 e. The van der Waals surface area contributed by atoms with Gasteiger partial charge in [0.15, 0.2) is 5.89 Å².